The lowest BCUT2D eigenvalue weighted by Crippen LogP contribution is -2.65. The molecule has 0 amide bonds. The van der Waals surface area contributed by atoms with Gasteiger partial charge < -0.3 is 38.3 Å². The number of ether oxygens (including phenoxy) is 5. The number of allylic oxidation sites excluding steroid dienone is 1. The summed E-state index contributed by atoms with van der Waals surface area (Å²) in [6.07, 6.45) is 6.14. The number of unbranched alkanes of at least 4 members (excludes halogenated alkanes) is 4. The lowest BCUT2D eigenvalue weighted by Gasteiger charge is -2.54. The molecule has 1 heterocycles. The summed E-state index contributed by atoms with van der Waals surface area (Å²) in [6, 6.07) is 0. The Morgan fingerprint density at radius 2 is 1.55 bits per heavy atom. The summed E-state index contributed by atoms with van der Waals surface area (Å²) < 4.78 is 34.4. The molecule has 0 spiro atoms. The van der Waals surface area contributed by atoms with Crippen LogP contribution in [-0.2, 0) is 42.5 Å². The molecule has 51 heavy (non-hydrogen) atoms. The second-order valence-corrected chi connectivity index (χ2v) is 19.7. The molecular weight excluding hydrogens is 673 g/mol. The van der Waals surface area contributed by atoms with Crippen LogP contribution in [-0.4, -0.2) is 94.6 Å². The Labute approximate surface area is 311 Å². The second kappa shape index (κ2) is 25.8. The number of hydrogen-bond acceptors (Lipinski definition) is 11. The fourth-order valence-corrected chi connectivity index (χ4v) is 6.03. The van der Waals surface area contributed by atoms with Crippen LogP contribution in [0.3, 0.4) is 0 Å². The Kier molecular flexibility index (Phi) is 27.0. The van der Waals surface area contributed by atoms with E-state index in [-0.39, 0.29) is 44.3 Å². The Morgan fingerprint density at radius 3 is 1.98 bits per heavy atom. The first-order valence-corrected chi connectivity index (χ1v) is 20.9. The lowest BCUT2D eigenvalue weighted by atomic mass is 9.74. The fraction of sp³-hybridized carbons (Fsp3) is 0.821. The Bertz CT molecular complexity index is 1030. The van der Waals surface area contributed by atoms with Crippen LogP contribution >= 0.6 is 0 Å². The van der Waals surface area contributed by atoms with Crippen LogP contribution < -0.4 is 0 Å². The van der Waals surface area contributed by atoms with Gasteiger partial charge in [0.1, 0.15) is 0 Å². The van der Waals surface area contributed by atoms with Gasteiger partial charge in [-0.3, -0.25) is 9.59 Å². The first-order valence-electron chi connectivity index (χ1n) is 17.9. The summed E-state index contributed by atoms with van der Waals surface area (Å²) in [5, 5.41) is 20.3. The van der Waals surface area contributed by atoms with Crippen molar-refractivity contribution in [1.29, 1.82) is 0 Å². The van der Waals surface area contributed by atoms with Crippen molar-refractivity contribution in [2.45, 2.75) is 176 Å². The van der Waals surface area contributed by atoms with Gasteiger partial charge in [-0.1, -0.05) is 87.7 Å². The monoisotopic (exact) mass is 749 g/mol. The summed E-state index contributed by atoms with van der Waals surface area (Å²) in [5.74, 6) is -2.73. The number of methoxy groups -OCH3 is 3. The Balaban J connectivity index is -0.00000129. The van der Waals surface area contributed by atoms with Crippen LogP contribution in [0.2, 0.25) is 18.1 Å². The number of hydrogen-bond donors (Lipinski definition) is 2. The standard InChI is InChI=1S/C26H48O9Si.C9H18O2.C3H6.CH4/c1-12-21(29)34-23-18(14-22(30)31-8)13-19(15-20(28)17(2)27)35-26(23,32-9)25(6,7)16-33-36(10,11)24(3,4)5;1-3-4-5-6-7-8-9(10)11-2;1-3-2;/h14,17,19-20,23,27-28H,12-13,15-16H2,1-11H3;3-8H2,1-2H3;3H,1H2,2H3;1H4/b18-14+;;;/t17-,19+,20-,23+,26-;;;/m1.../s1. The maximum atomic E-state index is 12.5. The maximum Gasteiger partial charge on any atom is 0.330 e. The second-order valence-electron chi connectivity index (χ2n) is 14.9. The van der Waals surface area contributed by atoms with Crippen LogP contribution in [0.4, 0.5) is 0 Å². The molecule has 0 saturated carbocycles. The van der Waals surface area contributed by atoms with E-state index in [9.17, 15) is 24.6 Å². The van der Waals surface area contributed by atoms with E-state index in [0.29, 0.717) is 12.0 Å². The summed E-state index contributed by atoms with van der Waals surface area (Å²) >= 11 is 0. The number of aliphatic hydroxyl groups excluding tert-OH is 2. The summed E-state index contributed by atoms with van der Waals surface area (Å²) in [7, 11) is 1.99. The predicted octanol–water partition coefficient (Wildman–Crippen LogP) is 8.07. The zero-order chi connectivity index (χ0) is 39.3. The van der Waals surface area contributed by atoms with E-state index in [1.165, 1.54) is 53.6 Å². The van der Waals surface area contributed by atoms with E-state index < -0.39 is 55.9 Å². The van der Waals surface area contributed by atoms with E-state index in [0.717, 1.165) is 12.8 Å². The number of aliphatic hydroxyl groups is 2. The van der Waals surface area contributed by atoms with Crippen molar-refractivity contribution in [3.63, 3.8) is 0 Å². The number of carbonyl (C=O) groups is 3. The molecular formula is C39H76O11Si. The van der Waals surface area contributed by atoms with Gasteiger partial charge in [0.15, 0.2) is 14.4 Å². The average Bonchev–Trinajstić information content (AvgIpc) is 3.04. The highest BCUT2D eigenvalue weighted by molar-refractivity contribution is 6.74. The summed E-state index contributed by atoms with van der Waals surface area (Å²) in [5.41, 5.74) is -0.431. The quantitative estimate of drug-likeness (QED) is 0.0372. The van der Waals surface area contributed by atoms with E-state index in [2.05, 4.69) is 52.1 Å². The zero-order valence-electron chi connectivity index (χ0n) is 33.8. The van der Waals surface area contributed by atoms with Crippen molar-refractivity contribution in [1.82, 2.24) is 0 Å². The molecule has 1 aliphatic rings. The minimum Gasteiger partial charge on any atom is -0.469 e. The van der Waals surface area contributed by atoms with Crippen molar-refractivity contribution in [2.75, 3.05) is 27.9 Å². The van der Waals surface area contributed by atoms with Gasteiger partial charge >= 0.3 is 17.9 Å². The van der Waals surface area contributed by atoms with Crippen molar-refractivity contribution >= 4 is 26.2 Å². The predicted molar refractivity (Wildman–Crippen MR) is 207 cm³/mol. The molecule has 0 unspecified atom stereocenters. The topological polar surface area (TPSA) is 147 Å². The summed E-state index contributed by atoms with van der Waals surface area (Å²) in [4.78, 5) is 35.5. The van der Waals surface area contributed by atoms with E-state index >= 15 is 0 Å². The summed E-state index contributed by atoms with van der Waals surface area (Å²) in [6.45, 7) is 25.4. The van der Waals surface area contributed by atoms with Crippen molar-refractivity contribution < 1.29 is 52.7 Å². The van der Waals surface area contributed by atoms with Gasteiger partial charge in [0, 0.05) is 44.5 Å². The molecule has 1 aliphatic heterocycles. The molecule has 0 aromatic rings. The maximum absolute atomic E-state index is 12.5. The third-order valence-corrected chi connectivity index (χ3v) is 13.6. The van der Waals surface area contributed by atoms with E-state index in [4.69, 9.17) is 23.4 Å². The molecule has 0 aliphatic carbocycles. The van der Waals surface area contributed by atoms with E-state index in [1.807, 2.05) is 20.8 Å². The highest BCUT2D eigenvalue weighted by Gasteiger charge is 2.60. The van der Waals surface area contributed by atoms with Crippen molar-refractivity contribution in [3.05, 3.63) is 24.3 Å². The SMILES string of the molecule is C.C=CC.CCC(=O)O[C@H]1/C(=C/C(=O)OC)C[C@@H](C[C@@H](O)[C@@H](C)O)O[C@@]1(OC)C(C)(C)CO[Si](C)(C)C(C)(C)C.CCCCCCCC(=O)OC. The molecule has 11 nitrogen and oxygen atoms in total. The smallest absolute Gasteiger partial charge is 0.330 e. The van der Waals surface area contributed by atoms with Crippen LogP contribution in [0, 0.1) is 5.41 Å². The van der Waals surface area contributed by atoms with Gasteiger partial charge in [-0.15, -0.1) is 6.58 Å². The lowest BCUT2D eigenvalue weighted by molar-refractivity contribution is -0.350. The van der Waals surface area contributed by atoms with Gasteiger partial charge in [0.2, 0.25) is 5.79 Å². The highest BCUT2D eigenvalue weighted by atomic mass is 28.4. The molecule has 0 bridgehead atoms. The third-order valence-electron chi connectivity index (χ3n) is 9.15. The minimum absolute atomic E-state index is 0. The van der Waals surface area contributed by atoms with Gasteiger partial charge in [-0.25, -0.2) is 4.79 Å². The number of esters is 3. The van der Waals surface area contributed by atoms with Crippen molar-refractivity contribution in [3.8, 4) is 0 Å². The minimum atomic E-state index is -2.17. The van der Waals surface area contributed by atoms with Crippen LogP contribution in [0.25, 0.3) is 0 Å². The fourth-order valence-electron chi connectivity index (χ4n) is 4.87. The van der Waals surface area contributed by atoms with Crippen LogP contribution in [0.15, 0.2) is 24.3 Å². The molecule has 0 radical (unpaired) electrons. The molecule has 2 N–H and O–H groups in total. The normalized spacial score (nSPS) is 21.0. The first kappa shape index (κ1) is 53.3. The van der Waals surface area contributed by atoms with E-state index in [1.54, 1.807) is 13.0 Å². The van der Waals surface area contributed by atoms with Gasteiger partial charge in [0.05, 0.1) is 32.5 Å². The Hall–Kier alpha value is -2.09. The van der Waals surface area contributed by atoms with Crippen molar-refractivity contribution in [2.24, 2.45) is 5.41 Å². The molecule has 1 fully saturated rings. The Morgan fingerprint density at radius 1 is 1.00 bits per heavy atom. The highest BCUT2D eigenvalue weighted by Crippen LogP contribution is 2.49. The molecule has 1 rings (SSSR count). The largest absolute Gasteiger partial charge is 0.469 e. The zero-order valence-corrected chi connectivity index (χ0v) is 34.8. The molecule has 0 aromatic carbocycles. The van der Waals surface area contributed by atoms with Gasteiger partial charge in [0.25, 0.3) is 0 Å². The third kappa shape index (κ3) is 18.5. The van der Waals surface area contributed by atoms with Gasteiger partial charge in [-0.2, -0.15) is 0 Å². The van der Waals surface area contributed by atoms with Gasteiger partial charge in [-0.05, 0) is 50.4 Å². The molecule has 5 atom stereocenters. The van der Waals surface area contributed by atoms with Crippen LogP contribution in [0.5, 0.6) is 0 Å². The molecule has 1 saturated heterocycles. The molecule has 0 aromatic heterocycles. The number of rotatable bonds is 17. The average molecular weight is 749 g/mol. The molecule has 302 valence electrons. The number of carbonyl (C=O) groups excluding carboxylic acids is 3. The molecule has 12 heteroatoms. The first-order chi connectivity index (χ1) is 23.1. The van der Waals surface area contributed by atoms with Crippen LogP contribution in [0.1, 0.15) is 128 Å².